The molecule has 0 aromatic carbocycles. The summed E-state index contributed by atoms with van der Waals surface area (Å²) in [5.74, 6) is 2.00. The van der Waals surface area contributed by atoms with E-state index < -0.39 is 0 Å². The summed E-state index contributed by atoms with van der Waals surface area (Å²) in [6.45, 7) is 0. The summed E-state index contributed by atoms with van der Waals surface area (Å²) < 4.78 is 0. The van der Waals surface area contributed by atoms with E-state index in [9.17, 15) is 0 Å². The molecule has 1 heteroatoms. The van der Waals surface area contributed by atoms with Crippen LogP contribution in [0.5, 0.6) is 0 Å². The number of rotatable bonds is 0. The quantitative estimate of drug-likeness (QED) is 0.651. The van der Waals surface area contributed by atoms with Crippen LogP contribution < -0.4 is 5.73 Å². The van der Waals surface area contributed by atoms with Crippen molar-refractivity contribution in [2.75, 3.05) is 0 Å². The first-order chi connectivity index (χ1) is 9.28. The third-order valence-electron chi connectivity index (χ3n) is 6.47. The predicted molar refractivity (Wildman–Crippen MR) is 82.0 cm³/mol. The fourth-order valence-electron chi connectivity index (χ4n) is 5.04. The van der Waals surface area contributed by atoms with E-state index in [1.54, 1.807) is 0 Å². The Labute approximate surface area is 119 Å². The van der Waals surface area contributed by atoms with Crippen molar-refractivity contribution in [3.63, 3.8) is 0 Å². The number of hydrogen-bond donors (Lipinski definition) is 1. The highest BCUT2D eigenvalue weighted by atomic mass is 14.7. The predicted octanol–water partition coefficient (Wildman–Crippen LogP) is 5.03. The average molecular weight is 263 g/mol. The maximum absolute atomic E-state index is 6.42. The lowest BCUT2D eigenvalue weighted by Gasteiger charge is -2.20. The van der Waals surface area contributed by atoms with Crippen LogP contribution in [0, 0.1) is 17.3 Å². The maximum Gasteiger partial charge on any atom is 0.00417 e. The molecule has 110 valence electrons. The molecule has 2 N–H and O–H groups in total. The largest absolute Gasteiger partial charge is 0.328 e. The van der Waals surface area contributed by atoms with Gasteiger partial charge in [-0.2, -0.15) is 0 Å². The molecule has 4 unspecified atom stereocenters. The first-order valence-electron chi connectivity index (χ1n) is 9.04. The Balaban J connectivity index is 1.70. The lowest BCUT2D eigenvalue weighted by atomic mass is 9.86. The van der Waals surface area contributed by atoms with E-state index in [0.29, 0.717) is 6.04 Å². The normalized spacial score (nSPS) is 45.0. The van der Waals surface area contributed by atoms with Crippen LogP contribution in [0.15, 0.2) is 0 Å². The molecule has 0 saturated heterocycles. The van der Waals surface area contributed by atoms with Crippen molar-refractivity contribution >= 4 is 0 Å². The minimum Gasteiger partial charge on any atom is -0.328 e. The summed E-state index contributed by atoms with van der Waals surface area (Å²) in [6.07, 6.45) is 20.6. The molecule has 0 aliphatic heterocycles. The van der Waals surface area contributed by atoms with Crippen molar-refractivity contribution in [1.82, 2.24) is 0 Å². The Kier molecular flexibility index (Phi) is 4.51. The van der Waals surface area contributed by atoms with Crippen LogP contribution >= 0.6 is 0 Å². The van der Waals surface area contributed by atoms with Crippen molar-refractivity contribution in [2.24, 2.45) is 23.0 Å². The van der Waals surface area contributed by atoms with Gasteiger partial charge < -0.3 is 5.73 Å². The van der Waals surface area contributed by atoms with Crippen LogP contribution in [0.1, 0.15) is 89.9 Å². The highest BCUT2D eigenvalue weighted by Gasteiger charge is 2.52. The van der Waals surface area contributed by atoms with Crippen LogP contribution in [0.2, 0.25) is 0 Å². The standard InChI is InChI=1S/C18H33N/c19-17-10-9-15-7-3-1-2-5-11-18(12-6-4-8-15)14-16(18)13-17/h15-17H,1-14,19H2. The molecule has 19 heavy (non-hydrogen) atoms. The van der Waals surface area contributed by atoms with Crippen LogP contribution in [0.4, 0.5) is 0 Å². The molecule has 0 heterocycles. The topological polar surface area (TPSA) is 26.0 Å². The summed E-state index contributed by atoms with van der Waals surface area (Å²) in [5, 5.41) is 0. The Morgan fingerprint density at radius 2 is 1.42 bits per heavy atom. The molecule has 2 bridgehead atoms. The zero-order valence-corrected chi connectivity index (χ0v) is 12.7. The first kappa shape index (κ1) is 13.9. The van der Waals surface area contributed by atoms with Gasteiger partial charge in [0.1, 0.15) is 0 Å². The van der Waals surface area contributed by atoms with Crippen LogP contribution in [-0.2, 0) is 0 Å². The molecule has 3 fully saturated rings. The van der Waals surface area contributed by atoms with Gasteiger partial charge >= 0.3 is 0 Å². The Morgan fingerprint density at radius 3 is 2.26 bits per heavy atom. The van der Waals surface area contributed by atoms with Gasteiger partial charge in [0.25, 0.3) is 0 Å². The highest BCUT2D eigenvalue weighted by molar-refractivity contribution is 5.03. The van der Waals surface area contributed by atoms with Gasteiger partial charge in [0, 0.05) is 6.04 Å². The molecular formula is C18H33N. The van der Waals surface area contributed by atoms with Crippen molar-refractivity contribution in [2.45, 2.75) is 95.9 Å². The van der Waals surface area contributed by atoms with Gasteiger partial charge in [-0.15, -0.1) is 0 Å². The fraction of sp³-hybridized carbons (Fsp3) is 1.00. The third-order valence-corrected chi connectivity index (χ3v) is 6.47. The SMILES string of the molecule is NC1CCC2CCCCCCC3(CCCC2)CC3C1. The van der Waals surface area contributed by atoms with Crippen molar-refractivity contribution in [3.8, 4) is 0 Å². The lowest BCUT2D eigenvalue weighted by molar-refractivity contribution is 0.325. The summed E-state index contributed by atoms with van der Waals surface area (Å²) >= 11 is 0. The van der Waals surface area contributed by atoms with Gasteiger partial charge in [-0.25, -0.2) is 0 Å². The molecular weight excluding hydrogens is 230 g/mol. The van der Waals surface area contributed by atoms with E-state index in [0.717, 1.165) is 17.3 Å². The van der Waals surface area contributed by atoms with Crippen molar-refractivity contribution in [3.05, 3.63) is 0 Å². The molecule has 3 aliphatic rings. The Hall–Kier alpha value is -0.0400. The summed E-state index contributed by atoms with van der Waals surface area (Å²) in [5.41, 5.74) is 7.18. The van der Waals surface area contributed by atoms with Crippen molar-refractivity contribution in [1.29, 1.82) is 0 Å². The number of hydrogen-bond acceptors (Lipinski definition) is 1. The van der Waals surface area contributed by atoms with Crippen LogP contribution in [-0.4, -0.2) is 6.04 Å². The van der Waals surface area contributed by atoms with Crippen LogP contribution in [0.3, 0.4) is 0 Å². The van der Waals surface area contributed by atoms with Gasteiger partial charge in [0.15, 0.2) is 0 Å². The molecule has 3 aliphatic carbocycles. The first-order valence-corrected chi connectivity index (χ1v) is 9.04. The molecule has 0 radical (unpaired) electrons. The molecule has 3 rings (SSSR count). The molecule has 1 spiro atoms. The minimum absolute atomic E-state index is 0.508. The molecule has 0 aromatic heterocycles. The third kappa shape index (κ3) is 3.54. The van der Waals surface area contributed by atoms with E-state index in [4.69, 9.17) is 5.73 Å². The highest BCUT2D eigenvalue weighted by Crippen LogP contribution is 2.61. The van der Waals surface area contributed by atoms with Crippen molar-refractivity contribution < 1.29 is 0 Å². The molecule has 0 aromatic rings. The van der Waals surface area contributed by atoms with Gasteiger partial charge in [0.2, 0.25) is 0 Å². The van der Waals surface area contributed by atoms with Gasteiger partial charge in [0.05, 0.1) is 0 Å². The zero-order valence-electron chi connectivity index (χ0n) is 12.7. The summed E-state index contributed by atoms with van der Waals surface area (Å²) in [6, 6.07) is 0.508. The lowest BCUT2D eigenvalue weighted by Crippen LogP contribution is -2.22. The van der Waals surface area contributed by atoms with E-state index in [2.05, 4.69) is 0 Å². The average Bonchev–Trinajstić information content (AvgIpc) is 3.05. The second-order valence-electron chi connectivity index (χ2n) is 7.90. The van der Waals surface area contributed by atoms with E-state index >= 15 is 0 Å². The zero-order chi connectivity index (χ0) is 13.1. The van der Waals surface area contributed by atoms with Crippen LogP contribution in [0.25, 0.3) is 0 Å². The van der Waals surface area contributed by atoms with Gasteiger partial charge in [-0.3, -0.25) is 0 Å². The molecule has 3 saturated carbocycles. The fourth-order valence-corrected chi connectivity index (χ4v) is 5.04. The minimum atomic E-state index is 0.508. The maximum atomic E-state index is 6.42. The summed E-state index contributed by atoms with van der Waals surface area (Å²) in [4.78, 5) is 0. The van der Waals surface area contributed by atoms with Gasteiger partial charge in [-0.05, 0) is 55.8 Å². The molecule has 1 nitrogen and oxygen atoms in total. The second kappa shape index (κ2) is 6.16. The molecule has 4 atom stereocenters. The van der Waals surface area contributed by atoms with E-state index in [-0.39, 0.29) is 0 Å². The Bertz CT molecular complexity index is 287. The number of fused-ring (bicyclic) bond motifs is 4. The van der Waals surface area contributed by atoms with E-state index in [1.807, 2.05) is 0 Å². The monoisotopic (exact) mass is 263 g/mol. The molecule has 0 amide bonds. The van der Waals surface area contributed by atoms with E-state index in [1.165, 1.54) is 89.9 Å². The van der Waals surface area contributed by atoms with Gasteiger partial charge in [-0.1, -0.05) is 51.4 Å². The summed E-state index contributed by atoms with van der Waals surface area (Å²) in [7, 11) is 0. The Morgan fingerprint density at radius 1 is 0.737 bits per heavy atom. The number of nitrogens with two attached hydrogens (primary N) is 1. The smallest absolute Gasteiger partial charge is 0.00417 e. The second-order valence-corrected chi connectivity index (χ2v) is 7.90.